The van der Waals surface area contributed by atoms with Crippen LogP contribution in [0.15, 0.2) is 18.2 Å². The van der Waals surface area contributed by atoms with Crippen LogP contribution >= 0.6 is 23.2 Å². The van der Waals surface area contributed by atoms with E-state index in [0.29, 0.717) is 16.5 Å². The molecule has 1 atom stereocenters. The number of rotatable bonds is 5. The van der Waals surface area contributed by atoms with Crippen molar-refractivity contribution in [1.82, 2.24) is 5.32 Å². The predicted molar refractivity (Wildman–Crippen MR) is 80.0 cm³/mol. The monoisotopic (exact) mass is 299 g/mol. The van der Waals surface area contributed by atoms with Crippen LogP contribution in [0, 0.1) is 0 Å². The lowest BCUT2D eigenvalue weighted by Crippen LogP contribution is -2.48. The molecule has 1 unspecified atom stereocenters. The van der Waals surface area contributed by atoms with E-state index in [2.05, 4.69) is 12.2 Å². The van der Waals surface area contributed by atoms with Gasteiger partial charge >= 0.3 is 0 Å². The summed E-state index contributed by atoms with van der Waals surface area (Å²) in [5, 5.41) is 4.54. The lowest BCUT2D eigenvalue weighted by Gasteiger charge is -2.28. The fraction of sp³-hybridized carbons (Fsp3) is 0.533. The summed E-state index contributed by atoms with van der Waals surface area (Å²) in [5.41, 5.74) is 0.386. The Balaban J connectivity index is 2.20. The largest absolute Gasteiger partial charge is 0.305 e. The molecule has 1 aliphatic heterocycles. The van der Waals surface area contributed by atoms with Crippen molar-refractivity contribution in [3.8, 4) is 0 Å². The second-order valence-corrected chi connectivity index (χ2v) is 5.98. The molecule has 0 saturated carbocycles. The Morgan fingerprint density at radius 3 is 2.58 bits per heavy atom. The van der Waals surface area contributed by atoms with E-state index in [1.165, 1.54) is 0 Å². The van der Waals surface area contributed by atoms with Crippen LogP contribution in [0.25, 0.3) is 0 Å². The Hall–Kier alpha value is -0.570. The van der Waals surface area contributed by atoms with E-state index in [4.69, 9.17) is 23.2 Å². The first-order chi connectivity index (χ1) is 9.09. The number of ketones is 1. The summed E-state index contributed by atoms with van der Waals surface area (Å²) in [6.45, 7) is 3.03. The molecule has 104 valence electrons. The first-order valence-electron chi connectivity index (χ1n) is 6.80. The number of nitrogens with one attached hydrogen (secondary N) is 1. The summed E-state index contributed by atoms with van der Waals surface area (Å²) in [6, 6.07) is 5.36. The molecule has 1 fully saturated rings. The fourth-order valence-electron chi connectivity index (χ4n) is 2.85. The maximum absolute atomic E-state index is 12.7. The smallest absolute Gasteiger partial charge is 0.157 e. The molecule has 1 N–H and O–H groups in total. The third-order valence-electron chi connectivity index (χ3n) is 3.85. The molecule has 0 aromatic heterocycles. The lowest BCUT2D eigenvalue weighted by atomic mass is 9.84. The van der Waals surface area contributed by atoms with Gasteiger partial charge in [-0.15, -0.1) is 0 Å². The van der Waals surface area contributed by atoms with Crippen molar-refractivity contribution in [2.75, 3.05) is 6.54 Å². The molecule has 1 saturated heterocycles. The van der Waals surface area contributed by atoms with E-state index in [-0.39, 0.29) is 11.3 Å². The zero-order chi connectivity index (χ0) is 13.9. The fourth-order valence-corrected chi connectivity index (χ4v) is 3.39. The number of benzene rings is 1. The van der Waals surface area contributed by atoms with Crippen LogP contribution in [0.3, 0.4) is 0 Å². The lowest BCUT2D eigenvalue weighted by molar-refractivity contribution is -0.124. The van der Waals surface area contributed by atoms with Gasteiger partial charge in [-0.2, -0.15) is 0 Å². The Kier molecular flexibility index (Phi) is 4.88. The molecule has 0 bridgehead atoms. The van der Waals surface area contributed by atoms with Crippen molar-refractivity contribution in [3.05, 3.63) is 33.8 Å². The van der Waals surface area contributed by atoms with Crippen LogP contribution in [-0.2, 0) is 11.2 Å². The molecule has 0 radical (unpaired) electrons. The molecule has 1 aromatic rings. The minimum Gasteiger partial charge on any atom is -0.305 e. The van der Waals surface area contributed by atoms with E-state index < -0.39 is 0 Å². The summed E-state index contributed by atoms with van der Waals surface area (Å²) < 4.78 is 0. The second-order valence-electron chi connectivity index (χ2n) is 5.16. The Morgan fingerprint density at radius 1 is 1.37 bits per heavy atom. The Bertz CT molecular complexity index is 447. The van der Waals surface area contributed by atoms with Gasteiger partial charge in [0.15, 0.2) is 5.78 Å². The number of carbonyl (C=O) groups excluding carboxylic acids is 1. The number of carbonyl (C=O) groups is 1. The van der Waals surface area contributed by atoms with Crippen molar-refractivity contribution < 1.29 is 4.79 Å². The van der Waals surface area contributed by atoms with Gasteiger partial charge in [-0.05, 0) is 43.5 Å². The van der Waals surface area contributed by atoms with Crippen molar-refractivity contribution in [2.45, 2.75) is 44.6 Å². The third-order valence-corrected chi connectivity index (χ3v) is 4.56. The molecule has 2 nitrogen and oxygen atoms in total. The molecule has 19 heavy (non-hydrogen) atoms. The predicted octanol–water partition coefficient (Wildman–Crippen LogP) is 4.03. The quantitative estimate of drug-likeness (QED) is 0.889. The first kappa shape index (κ1) is 14.8. The number of halogens is 2. The summed E-state index contributed by atoms with van der Waals surface area (Å²) >= 11 is 12.3. The number of hydrogen-bond acceptors (Lipinski definition) is 2. The normalized spacial score (nSPS) is 22.7. The number of Topliss-reactive ketones (excluding diaryl/α,β-unsaturated/α-hetero) is 1. The molecule has 1 aliphatic rings. The Morgan fingerprint density at radius 2 is 2.05 bits per heavy atom. The van der Waals surface area contributed by atoms with Gasteiger partial charge in [0.1, 0.15) is 0 Å². The maximum atomic E-state index is 12.7. The van der Waals surface area contributed by atoms with Gasteiger partial charge in [0.25, 0.3) is 0 Å². The summed E-state index contributed by atoms with van der Waals surface area (Å²) in [6.07, 6.45) is 4.16. The van der Waals surface area contributed by atoms with Gasteiger partial charge in [0, 0.05) is 16.5 Å². The van der Waals surface area contributed by atoms with E-state index in [1.807, 2.05) is 0 Å². The molecular formula is C15H19Cl2NO. The van der Waals surface area contributed by atoms with E-state index in [0.717, 1.165) is 37.8 Å². The van der Waals surface area contributed by atoms with Crippen LogP contribution < -0.4 is 5.32 Å². The van der Waals surface area contributed by atoms with Crippen LogP contribution in [0.1, 0.15) is 38.2 Å². The van der Waals surface area contributed by atoms with E-state index >= 15 is 0 Å². The molecule has 1 heterocycles. The summed E-state index contributed by atoms with van der Waals surface area (Å²) in [5.74, 6) is 0.210. The zero-order valence-corrected chi connectivity index (χ0v) is 12.7. The average Bonchev–Trinajstić information content (AvgIpc) is 2.84. The summed E-state index contributed by atoms with van der Waals surface area (Å²) in [4.78, 5) is 12.7. The minimum atomic E-state index is -0.364. The molecule has 4 heteroatoms. The first-order valence-corrected chi connectivity index (χ1v) is 7.56. The van der Waals surface area contributed by atoms with E-state index in [1.54, 1.807) is 18.2 Å². The van der Waals surface area contributed by atoms with Gasteiger partial charge in [0.05, 0.1) is 5.54 Å². The molecule has 0 aliphatic carbocycles. The van der Waals surface area contributed by atoms with Gasteiger partial charge in [-0.25, -0.2) is 0 Å². The molecular weight excluding hydrogens is 281 g/mol. The van der Waals surface area contributed by atoms with E-state index in [9.17, 15) is 4.79 Å². The molecule has 0 amide bonds. The highest BCUT2D eigenvalue weighted by Gasteiger charge is 2.39. The average molecular weight is 300 g/mol. The van der Waals surface area contributed by atoms with Crippen molar-refractivity contribution >= 4 is 29.0 Å². The van der Waals surface area contributed by atoms with Gasteiger partial charge in [0.2, 0.25) is 0 Å². The molecule has 2 rings (SSSR count). The standard InChI is InChI=1S/C15H19Cl2NO/c1-2-7-15(8-4-9-18-15)14(19)10-11-12(16)5-3-6-13(11)17/h3,5-6,18H,2,4,7-10H2,1H3. The van der Waals surface area contributed by atoms with Crippen LogP contribution in [0.4, 0.5) is 0 Å². The molecule has 1 aromatic carbocycles. The van der Waals surface area contributed by atoms with Crippen LogP contribution in [0.2, 0.25) is 10.0 Å². The van der Waals surface area contributed by atoms with Crippen LogP contribution in [0.5, 0.6) is 0 Å². The highest BCUT2D eigenvalue weighted by Crippen LogP contribution is 2.31. The van der Waals surface area contributed by atoms with Crippen LogP contribution in [-0.4, -0.2) is 17.9 Å². The SMILES string of the molecule is CCCC1(C(=O)Cc2c(Cl)cccc2Cl)CCCN1. The number of hydrogen-bond donors (Lipinski definition) is 1. The van der Waals surface area contributed by atoms with Crippen molar-refractivity contribution in [3.63, 3.8) is 0 Å². The van der Waals surface area contributed by atoms with Gasteiger partial charge in [-0.3, -0.25) is 4.79 Å². The third kappa shape index (κ3) is 3.13. The molecule has 0 spiro atoms. The highest BCUT2D eigenvalue weighted by atomic mass is 35.5. The summed E-state index contributed by atoms with van der Waals surface area (Å²) in [7, 11) is 0. The topological polar surface area (TPSA) is 29.1 Å². The van der Waals surface area contributed by atoms with Gasteiger partial charge < -0.3 is 5.32 Å². The van der Waals surface area contributed by atoms with Crippen molar-refractivity contribution in [2.24, 2.45) is 0 Å². The highest BCUT2D eigenvalue weighted by molar-refractivity contribution is 6.36. The zero-order valence-electron chi connectivity index (χ0n) is 11.1. The maximum Gasteiger partial charge on any atom is 0.157 e. The minimum absolute atomic E-state index is 0.210. The van der Waals surface area contributed by atoms with Crippen molar-refractivity contribution in [1.29, 1.82) is 0 Å². The van der Waals surface area contributed by atoms with Gasteiger partial charge in [-0.1, -0.05) is 42.6 Å². The Labute approximate surface area is 124 Å². The second kappa shape index (κ2) is 6.25.